The van der Waals surface area contributed by atoms with Crippen molar-refractivity contribution < 1.29 is 19.5 Å². The zero-order valence-corrected chi connectivity index (χ0v) is 20.3. The van der Waals surface area contributed by atoms with Crippen molar-refractivity contribution in [1.29, 1.82) is 0 Å². The molecule has 3 amide bonds. The van der Waals surface area contributed by atoms with E-state index in [-0.39, 0.29) is 0 Å². The van der Waals surface area contributed by atoms with Crippen LogP contribution >= 0.6 is 11.6 Å². The first kappa shape index (κ1) is 25.0. The van der Waals surface area contributed by atoms with E-state index in [1.54, 1.807) is 55.7 Å². The summed E-state index contributed by atoms with van der Waals surface area (Å²) in [7, 11) is 1.60. The Kier molecular flexibility index (Phi) is 7.42. The van der Waals surface area contributed by atoms with Crippen molar-refractivity contribution in [1.82, 2.24) is 15.6 Å². The molecule has 2 heterocycles. The lowest BCUT2D eigenvalue weighted by Gasteiger charge is -2.22. The van der Waals surface area contributed by atoms with Gasteiger partial charge in [-0.15, -0.1) is 0 Å². The standard InChI is InChI=1S/C26H24ClN5O4/c1-15(29-25(35)22(33)16-10-12-17(27)13-11-16)24(34)31-23-26(36)32(2)20-9-4-3-7-18(20)21(30-23)19-8-5-6-14-28-19/h3-15,22-23,33H,1-2H3,(H,29,35)(H,31,34)/t15-,22?,23?/m0/s1. The first-order valence-corrected chi connectivity index (χ1v) is 11.5. The summed E-state index contributed by atoms with van der Waals surface area (Å²) in [6, 6.07) is 17.7. The summed E-state index contributed by atoms with van der Waals surface area (Å²) in [5.74, 6) is -1.87. The molecular weight excluding hydrogens is 482 g/mol. The van der Waals surface area contributed by atoms with E-state index in [1.807, 2.05) is 12.1 Å². The van der Waals surface area contributed by atoms with E-state index in [4.69, 9.17) is 11.6 Å². The second-order valence-electron chi connectivity index (χ2n) is 8.20. The molecule has 3 N–H and O–H groups in total. The number of anilines is 1. The summed E-state index contributed by atoms with van der Waals surface area (Å²) < 4.78 is 0. The Balaban J connectivity index is 1.55. The molecule has 4 rings (SSSR count). The minimum absolute atomic E-state index is 0.326. The number of nitrogens with one attached hydrogen (secondary N) is 2. The highest BCUT2D eigenvalue weighted by molar-refractivity contribution is 6.30. The van der Waals surface area contributed by atoms with Gasteiger partial charge in [0.25, 0.3) is 11.8 Å². The number of amides is 3. The molecule has 0 bridgehead atoms. The smallest absolute Gasteiger partial charge is 0.272 e. The fourth-order valence-electron chi connectivity index (χ4n) is 3.74. The quantitative estimate of drug-likeness (QED) is 0.474. The molecule has 3 aromatic rings. The molecule has 1 aliphatic rings. The zero-order chi connectivity index (χ0) is 25.8. The third-order valence-corrected chi connectivity index (χ3v) is 5.97. The maximum absolute atomic E-state index is 13.2. The monoisotopic (exact) mass is 505 g/mol. The Bertz CT molecular complexity index is 1310. The van der Waals surface area contributed by atoms with Crippen molar-refractivity contribution in [2.75, 3.05) is 11.9 Å². The van der Waals surface area contributed by atoms with Gasteiger partial charge in [-0.05, 0) is 42.8 Å². The van der Waals surface area contributed by atoms with Crippen LogP contribution in [-0.4, -0.2) is 52.8 Å². The number of likely N-dealkylation sites (N-methyl/N-ethyl adjacent to an activating group) is 1. The number of fused-ring (bicyclic) bond motifs is 1. The first-order chi connectivity index (χ1) is 17.3. The number of benzene rings is 2. The highest BCUT2D eigenvalue weighted by Gasteiger charge is 2.32. The van der Waals surface area contributed by atoms with Gasteiger partial charge in [0.1, 0.15) is 6.04 Å². The molecule has 0 radical (unpaired) electrons. The lowest BCUT2D eigenvalue weighted by molar-refractivity contribution is -0.134. The molecule has 10 heteroatoms. The number of carbonyl (C=O) groups is 3. The van der Waals surface area contributed by atoms with Crippen molar-refractivity contribution in [3.8, 4) is 0 Å². The normalized spacial score (nSPS) is 16.8. The fourth-order valence-corrected chi connectivity index (χ4v) is 3.86. The minimum Gasteiger partial charge on any atom is -0.378 e. The molecule has 0 saturated heterocycles. The Hall–Kier alpha value is -4.08. The lowest BCUT2D eigenvalue weighted by Crippen LogP contribution is -2.52. The van der Waals surface area contributed by atoms with Gasteiger partial charge in [-0.3, -0.25) is 19.4 Å². The fraction of sp³-hybridized carbons (Fsp3) is 0.192. The van der Waals surface area contributed by atoms with E-state index >= 15 is 0 Å². The van der Waals surface area contributed by atoms with Crippen LogP contribution in [0.4, 0.5) is 5.69 Å². The Morgan fingerprint density at radius 3 is 2.42 bits per heavy atom. The van der Waals surface area contributed by atoms with E-state index < -0.39 is 36.0 Å². The van der Waals surface area contributed by atoms with Gasteiger partial charge in [0.05, 0.1) is 17.1 Å². The summed E-state index contributed by atoms with van der Waals surface area (Å²) in [5, 5.41) is 15.9. The van der Waals surface area contributed by atoms with E-state index in [2.05, 4.69) is 20.6 Å². The van der Waals surface area contributed by atoms with Gasteiger partial charge in [-0.1, -0.05) is 48.0 Å². The highest BCUT2D eigenvalue weighted by Crippen LogP contribution is 2.26. The average Bonchev–Trinajstić information content (AvgIpc) is 2.99. The number of pyridine rings is 1. The summed E-state index contributed by atoms with van der Waals surface area (Å²) >= 11 is 5.85. The number of aliphatic hydroxyl groups is 1. The number of aliphatic hydroxyl groups excluding tert-OH is 1. The van der Waals surface area contributed by atoms with Crippen molar-refractivity contribution >= 4 is 40.7 Å². The molecule has 0 saturated carbocycles. The van der Waals surface area contributed by atoms with Crippen LogP contribution < -0.4 is 15.5 Å². The van der Waals surface area contributed by atoms with Crippen LogP contribution in [0.15, 0.2) is 77.9 Å². The van der Waals surface area contributed by atoms with E-state index in [1.165, 1.54) is 24.0 Å². The van der Waals surface area contributed by atoms with Crippen LogP contribution in [0.3, 0.4) is 0 Å². The molecule has 2 aromatic carbocycles. The SMILES string of the molecule is C[C@H](NC(=O)C(O)c1ccc(Cl)cc1)C(=O)NC1N=C(c2ccccn2)c2ccccc2N(C)C1=O. The summed E-state index contributed by atoms with van der Waals surface area (Å²) in [6.07, 6.45) is -1.13. The molecular formula is C26H24ClN5O4. The van der Waals surface area contributed by atoms with Crippen molar-refractivity contribution in [2.24, 2.45) is 4.99 Å². The number of halogens is 1. The highest BCUT2D eigenvalue weighted by atomic mass is 35.5. The summed E-state index contributed by atoms with van der Waals surface area (Å²) in [4.78, 5) is 49.0. The van der Waals surface area contributed by atoms with Gasteiger partial charge >= 0.3 is 0 Å². The number of hydrogen-bond donors (Lipinski definition) is 3. The van der Waals surface area contributed by atoms with Crippen molar-refractivity contribution in [3.05, 3.63) is 94.8 Å². The van der Waals surface area contributed by atoms with E-state index in [9.17, 15) is 19.5 Å². The number of rotatable bonds is 6. The van der Waals surface area contributed by atoms with Crippen LogP contribution in [0.2, 0.25) is 5.02 Å². The van der Waals surface area contributed by atoms with Gasteiger partial charge in [0, 0.05) is 23.8 Å². The molecule has 3 atom stereocenters. The molecule has 9 nitrogen and oxygen atoms in total. The largest absolute Gasteiger partial charge is 0.378 e. The van der Waals surface area contributed by atoms with E-state index in [0.717, 1.165) is 0 Å². The number of para-hydroxylation sites is 1. The van der Waals surface area contributed by atoms with Crippen molar-refractivity contribution in [3.63, 3.8) is 0 Å². The molecule has 36 heavy (non-hydrogen) atoms. The van der Waals surface area contributed by atoms with E-state index in [0.29, 0.717) is 33.2 Å². The molecule has 184 valence electrons. The van der Waals surface area contributed by atoms with Gasteiger partial charge in [-0.2, -0.15) is 0 Å². The molecule has 0 aliphatic carbocycles. The number of aliphatic imine (C=N–C) groups is 1. The predicted molar refractivity (Wildman–Crippen MR) is 136 cm³/mol. The van der Waals surface area contributed by atoms with Gasteiger partial charge in [0.15, 0.2) is 6.10 Å². The predicted octanol–water partition coefficient (Wildman–Crippen LogP) is 2.23. The summed E-state index contributed by atoms with van der Waals surface area (Å²) in [6.45, 7) is 1.45. The molecule has 2 unspecified atom stereocenters. The number of benzodiazepines with no additional fused rings is 1. The zero-order valence-electron chi connectivity index (χ0n) is 19.6. The van der Waals surface area contributed by atoms with Crippen LogP contribution in [0.25, 0.3) is 0 Å². The number of nitrogens with zero attached hydrogens (tertiary/aromatic N) is 3. The number of hydrogen-bond acceptors (Lipinski definition) is 6. The Morgan fingerprint density at radius 2 is 1.72 bits per heavy atom. The maximum Gasteiger partial charge on any atom is 0.272 e. The topological polar surface area (TPSA) is 124 Å². The van der Waals surface area contributed by atoms with Crippen LogP contribution in [0, 0.1) is 0 Å². The van der Waals surface area contributed by atoms with Gasteiger partial charge in [-0.25, -0.2) is 4.99 Å². The van der Waals surface area contributed by atoms with Gasteiger partial charge in [0.2, 0.25) is 12.1 Å². The van der Waals surface area contributed by atoms with Crippen molar-refractivity contribution in [2.45, 2.75) is 25.2 Å². The third kappa shape index (κ3) is 5.27. The van der Waals surface area contributed by atoms with Crippen LogP contribution in [0.1, 0.15) is 29.8 Å². The molecule has 1 aliphatic heterocycles. The summed E-state index contributed by atoms with van der Waals surface area (Å²) in [5.41, 5.74) is 2.63. The Labute approximate surface area is 212 Å². The average molecular weight is 506 g/mol. The molecule has 1 aromatic heterocycles. The van der Waals surface area contributed by atoms with Crippen LogP contribution in [0.5, 0.6) is 0 Å². The number of aromatic nitrogens is 1. The van der Waals surface area contributed by atoms with Crippen LogP contribution in [-0.2, 0) is 14.4 Å². The molecule has 0 spiro atoms. The second kappa shape index (κ2) is 10.7. The number of carbonyl (C=O) groups excluding carboxylic acids is 3. The third-order valence-electron chi connectivity index (χ3n) is 5.72. The molecule has 0 fully saturated rings. The lowest BCUT2D eigenvalue weighted by atomic mass is 10.0. The Morgan fingerprint density at radius 1 is 1.03 bits per heavy atom. The minimum atomic E-state index is -1.49. The first-order valence-electron chi connectivity index (χ1n) is 11.2. The maximum atomic E-state index is 13.2. The second-order valence-corrected chi connectivity index (χ2v) is 8.64. The van der Waals surface area contributed by atoms with Gasteiger partial charge < -0.3 is 20.6 Å².